The number of thioether (sulfide) groups is 1. The van der Waals surface area contributed by atoms with Crippen molar-refractivity contribution in [1.29, 1.82) is 5.26 Å². The van der Waals surface area contributed by atoms with Gasteiger partial charge in [-0.05, 0) is 79.7 Å². The van der Waals surface area contributed by atoms with Crippen LogP contribution in [0.25, 0.3) is 11.8 Å². The van der Waals surface area contributed by atoms with Crippen LogP contribution in [0.3, 0.4) is 0 Å². The standard InChI is InChI=1S/C25H19F3N4OS/c1-16-14-18(17(2)32(16)21-10-8-19(9-11-21)25(26,27)28)15-22-23(33)30-24(34-22)31(13-12-29)20-6-4-3-5-7-20/h3-11,14-15H,13H2,1-2H3/b22-15-. The van der Waals surface area contributed by atoms with Crippen LogP contribution in [0.2, 0.25) is 0 Å². The molecule has 0 spiro atoms. The monoisotopic (exact) mass is 480 g/mol. The highest BCUT2D eigenvalue weighted by molar-refractivity contribution is 8.18. The van der Waals surface area contributed by atoms with Gasteiger partial charge in [-0.25, -0.2) is 0 Å². The SMILES string of the molecule is Cc1cc(/C=C2\SC(N(CC#N)c3ccccc3)=NC2=O)c(C)n1-c1ccc(C(F)(F)F)cc1. The maximum absolute atomic E-state index is 12.9. The Morgan fingerprint density at radius 2 is 1.79 bits per heavy atom. The first-order valence-corrected chi connectivity index (χ1v) is 11.1. The number of hydrogen-bond donors (Lipinski definition) is 0. The van der Waals surface area contributed by atoms with Gasteiger partial charge >= 0.3 is 6.18 Å². The summed E-state index contributed by atoms with van der Waals surface area (Å²) in [4.78, 5) is 18.9. The smallest absolute Gasteiger partial charge is 0.318 e. The van der Waals surface area contributed by atoms with Crippen LogP contribution in [-0.2, 0) is 11.0 Å². The summed E-state index contributed by atoms with van der Waals surface area (Å²) >= 11 is 1.18. The summed E-state index contributed by atoms with van der Waals surface area (Å²) in [6, 6.07) is 18.1. The van der Waals surface area contributed by atoms with Gasteiger partial charge in [-0.2, -0.15) is 23.4 Å². The van der Waals surface area contributed by atoms with E-state index in [9.17, 15) is 23.2 Å². The summed E-state index contributed by atoms with van der Waals surface area (Å²) in [5.41, 5.74) is 3.00. The Hall–Kier alpha value is -3.77. The first kappa shape index (κ1) is 23.4. The molecule has 0 aliphatic carbocycles. The van der Waals surface area contributed by atoms with Gasteiger partial charge in [-0.3, -0.25) is 4.79 Å². The first-order chi connectivity index (χ1) is 16.2. The molecule has 2 heterocycles. The number of amidine groups is 1. The number of anilines is 1. The number of hydrogen-bond acceptors (Lipinski definition) is 4. The van der Waals surface area contributed by atoms with Crippen molar-refractivity contribution < 1.29 is 18.0 Å². The number of alkyl halides is 3. The van der Waals surface area contributed by atoms with Gasteiger partial charge in [0.25, 0.3) is 5.91 Å². The molecule has 0 unspecified atom stereocenters. The number of aromatic nitrogens is 1. The quantitative estimate of drug-likeness (QED) is 0.334. The van der Waals surface area contributed by atoms with Gasteiger partial charge in [0.1, 0.15) is 6.54 Å². The second-order valence-electron chi connectivity index (χ2n) is 7.60. The van der Waals surface area contributed by atoms with Crippen molar-refractivity contribution in [2.45, 2.75) is 20.0 Å². The molecular formula is C25H19F3N4OS. The number of nitriles is 1. The fraction of sp³-hybridized carbons (Fsp3) is 0.160. The van der Waals surface area contributed by atoms with Crippen LogP contribution in [0, 0.1) is 25.2 Å². The minimum atomic E-state index is -4.40. The summed E-state index contributed by atoms with van der Waals surface area (Å²) in [6.07, 6.45) is -2.67. The lowest BCUT2D eigenvalue weighted by Crippen LogP contribution is -2.27. The molecule has 2 aromatic carbocycles. The van der Waals surface area contributed by atoms with Crippen molar-refractivity contribution in [2.75, 3.05) is 11.4 Å². The normalized spacial score (nSPS) is 14.9. The molecule has 0 atom stereocenters. The zero-order chi connectivity index (χ0) is 24.5. The van der Waals surface area contributed by atoms with Gasteiger partial charge < -0.3 is 9.47 Å². The molecule has 172 valence electrons. The predicted molar refractivity (Wildman–Crippen MR) is 128 cm³/mol. The molecule has 3 aromatic rings. The fourth-order valence-corrected chi connectivity index (χ4v) is 4.66. The lowest BCUT2D eigenvalue weighted by molar-refractivity contribution is -0.137. The molecule has 34 heavy (non-hydrogen) atoms. The molecule has 0 N–H and O–H groups in total. The number of carbonyl (C=O) groups excluding carboxylic acids is 1. The Morgan fingerprint density at radius 1 is 1.12 bits per heavy atom. The molecule has 5 nitrogen and oxygen atoms in total. The van der Waals surface area contributed by atoms with Gasteiger partial charge in [0.2, 0.25) is 0 Å². The summed E-state index contributed by atoms with van der Waals surface area (Å²) in [6.45, 7) is 3.73. The van der Waals surface area contributed by atoms with Gasteiger partial charge in [-0.1, -0.05) is 18.2 Å². The second kappa shape index (κ2) is 9.23. The summed E-state index contributed by atoms with van der Waals surface area (Å²) in [7, 11) is 0. The van der Waals surface area contributed by atoms with Crippen LogP contribution in [0.5, 0.6) is 0 Å². The van der Waals surface area contributed by atoms with Crippen LogP contribution in [-0.4, -0.2) is 22.2 Å². The van der Waals surface area contributed by atoms with E-state index in [4.69, 9.17) is 0 Å². The number of para-hydroxylation sites is 1. The van der Waals surface area contributed by atoms with Crippen molar-refractivity contribution in [3.8, 4) is 11.8 Å². The number of nitrogens with zero attached hydrogens (tertiary/aromatic N) is 4. The highest BCUT2D eigenvalue weighted by Crippen LogP contribution is 2.34. The van der Waals surface area contributed by atoms with Crippen LogP contribution < -0.4 is 4.90 Å². The number of aliphatic imine (C=N–C) groups is 1. The third-order valence-corrected chi connectivity index (χ3v) is 6.35. The zero-order valence-corrected chi connectivity index (χ0v) is 19.1. The van der Waals surface area contributed by atoms with Crippen molar-refractivity contribution in [3.05, 3.63) is 88.1 Å². The lowest BCUT2D eigenvalue weighted by Gasteiger charge is -2.20. The van der Waals surface area contributed by atoms with E-state index in [0.717, 1.165) is 34.8 Å². The van der Waals surface area contributed by atoms with E-state index in [1.807, 2.05) is 54.8 Å². The Balaban J connectivity index is 1.62. The minimum absolute atomic E-state index is 0.0405. The minimum Gasteiger partial charge on any atom is -0.318 e. The van der Waals surface area contributed by atoms with Crippen molar-refractivity contribution in [1.82, 2.24) is 4.57 Å². The molecule has 1 aliphatic heterocycles. The van der Waals surface area contributed by atoms with Gasteiger partial charge in [0.05, 0.1) is 16.5 Å². The molecule has 9 heteroatoms. The average molecular weight is 481 g/mol. The summed E-state index contributed by atoms with van der Waals surface area (Å²) in [5.74, 6) is -0.404. The van der Waals surface area contributed by atoms with Crippen molar-refractivity contribution >= 4 is 34.6 Å². The van der Waals surface area contributed by atoms with Gasteiger partial charge in [0, 0.05) is 22.8 Å². The Morgan fingerprint density at radius 3 is 2.41 bits per heavy atom. The highest BCUT2D eigenvalue weighted by Gasteiger charge is 2.30. The molecule has 1 aromatic heterocycles. The maximum atomic E-state index is 12.9. The number of halogens is 3. The van der Waals surface area contributed by atoms with Crippen LogP contribution >= 0.6 is 11.8 Å². The Kier molecular flexibility index (Phi) is 6.35. The molecule has 0 bridgehead atoms. The molecule has 1 aliphatic rings. The van der Waals surface area contributed by atoms with E-state index in [-0.39, 0.29) is 6.54 Å². The van der Waals surface area contributed by atoms with E-state index in [1.54, 1.807) is 11.0 Å². The third-order valence-electron chi connectivity index (χ3n) is 5.35. The van der Waals surface area contributed by atoms with E-state index in [1.165, 1.54) is 23.9 Å². The summed E-state index contributed by atoms with van der Waals surface area (Å²) < 4.78 is 40.6. The number of rotatable bonds is 4. The third kappa shape index (κ3) is 4.63. The molecule has 4 rings (SSSR count). The zero-order valence-electron chi connectivity index (χ0n) is 18.3. The molecule has 1 amide bonds. The van der Waals surface area contributed by atoms with E-state index >= 15 is 0 Å². The number of amides is 1. The molecular weight excluding hydrogens is 461 g/mol. The topological polar surface area (TPSA) is 61.4 Å². The van der Waals surface area contributed by atoms with E-state index in [0.29, 0.717) is 15.8 Å². The number of carbonyl (C=O) groups is 1. The molecule has 0 saturated heterocycles. The van der Waals surface area contributed by atoms with Crippen LogP contribution in [0.4, 0.5) is 18.9 Å². The maximum Gasteiger partial charge on any atom is 0.416 e. The van der Waals surface area contributed by atoms with Crippen molar-refractivity contribution in [2.24, 2.45) is 4.99 Å². The van der Waals surface area contributed by atoms with Crippen LogP contribution in [0.15, 0.2) is 70.6 Å². The van der Waals surface area contributed by atoms with Gasteiger partial charge in [-0.15, -0.1) is 0 Å². The number of benzene rings is 2. The van der Waals surface area contributed by atoms with Crippen LogP contribution in [0.1, 0.15) is 22.5 Å². The predicted octanol–water partition coefficient (Wildman–Crippen LogP) is 6.11. The largest absolute Gasteiger partial charge is 0.416 e. The first-order valence-electron chi connectivity index (χ1n) is 10.3. The summed E-state index contributed by atoms with van der Waals surface area (Å²) in [5, 5.41) is 9.66. The van der Waals surface area contributed by atoms with E-state index in [2.05, 4.69) is 11.1 Å². The fourth-order valence-electron chi connectivity index (χ4n) is 3.73. The number of aryl methyl sites for hydroxylation is 1. The molecule has 0 saturated carbocycles. The molecule has 0 fully saturated rings. The Bertz CT molecular complexity index is 1330. The average Bonchev–Trinajstić information content (AvgIpc) is 3.30. The lowest BCUT2D eigenvalue weighted by atomic mass is 10.2. The van der Waals surface area contributed by atoms with Crippen molar-refractivity contribution in [3.63, 3.8) is 0 Å². The van der Waals surface area contributed by atoms with Gasteiger partial charge in [0.15, 0.2) is 5.17 Å². The highest BCUT2D eigenvalue weighted by atomic mass is 32.2. The Labute approximate surface area is 198 Å². The second-order valence-corrected chi connectivity index (χ2v) is 8.61. The van der Waals surface area contributed by atoms with E-state index < -0.39 is 17.6 Å². The molecule has 0 radical (unpaired) electrons.